The fourth-order valence-electron chi connectivity index (χ4n) is 1.26. The zero-order valence-electron chi connectivity index (χ0n) is 9.42. The Morgan fingerprint density at radius 3 is 2.67 bits per heavy atom. The molecule has 0 aromatic heterocycles. The third kappa shape index (κ3) is 2.95. The molecule has 1 saturated heterocycles. The molecule has 1 N–H and O–H groups in total. The maximum atomic E-state index is 11.8. The lowest BCUT2D eigenvalue weighted by atomic mass is 10.0. The first-order chi connectivity index (χ1) is 6.90. The summed E-state index contributed by atoms with van der Waals surface area (Å²) in [6.45, 7) is 6.82. The Bertz CT molecular complexity index is 279. The standard InChI is InChI=1S/C11H17NO3/c1-5-11(8-12-6-7-14-11)9(13)15-10(2,3)4/h1,12H,6-8H2,2-4H3. The smallest absolute Gasteiger partial charge is 0.353 e. The van der Waals surface area contributed by atoms with Crippen LogP contribution in [-0.2, 0) is 14.3 Å². The van der Waals surface area contributed by atoms with E-state index in [1.54, 1.807) is 20.8 Å². The van der Waals surface area contributed by atoms with Gasteiger partial charge in [-0.2, -0.15) is 0 Å². The minimum atomic E-state index is -1.26. The number of esters is 1. The molecule has 1 aliphatic heterocycles. The monoisotopic (exact) mass is 211 g/mol. The number of ether oxygens (including phenoxy) is 2. The van der Waals surface area contributed by atoms with Gasteiger partial charge in [0.15, 0.2) is 0 Å². The van der Waals surface area contributed by atoms with E-state index in [0.29, 0.717) is 19.7 Å². The summed E-state index contributed by atoms with van der Waals surface area (Å²) in [6.07, 6.45) is 5.34. The van der Waals surface area contributed by atoms with Gasteiger partial charge in [0.1, 0.15) is 5.60 Å². The van der Waals surface area contributed by atoms with Crippen LogP contribution in [0, 0.1) is 12.3 Å². The van der Waals surface area contributed by atoms with Crippen molar-refractivity contribution in [3.8, 4) is 12.3 Å². The van der Waals surface area contributed by atoms with Gasteiger partial charge in [0.05, 0.1) is 6.61 Å². The quantitative estimate of drug-likeness (QED) is 0.501. The summed E-state index contributed by atoms with van der Waals surface area (Å²) in [5.74, 6) is 1.88. The molecule has 0 spiro atoms. The van der Waals surface area contributed by atoms with Crippen LogP contribution in [0.4, 0.5) is 0 Å². The number of hydrogen-bond donors (Lipinski definition) is 1. The first-order valence-corrected chi connectivity index (χ1v) is 4.95. The molecule has 1 unspecified atom stereocenters. The maximum Gasteiger partial charge on any atom is 0.353 e. The number of rotatable bonds is 1. The van der Waals surface area contributed by atoms with Crippen LogP contribution < -0.4 is 5.32 Å². The predicted octanol–water partition coefficient (Wildman–Crippen LogP) is 0.320. The largest absolute Gasteiger partial charge is 0.457 e. The van der Waals surface area contributed by atoms with Gasteiger partial charge in [-0.05, 0) is 20.8 Å². The topological polar surface area (TPSA) is 47.6 Å². The first kappa shape index (κ1) is 12.0. The Morgan fingerprint density at radius 1 is 1.60 bits per heavy atom. The molecule has 1 fully saturated rings. The zero-order chi connectivity index (χ0) is 11.5. The molecule has 0 aromatic rings. The fourth-order valence-corrected chi connectivity index (χ4v) is 1.26. The number of morpholine rings is 1. The van der Waals surface area contributed by atoms with Crippen molar-refractivity contribution in [3.63, 3.8) is 0 Å². The molecule has 0 amide bonds. The average Bonchev–Trinajstić information content (AvgIpc) is 2.16. The number of carbonyl (C=O) groups excluding carboxylic acids is 1. The van der Waals surface area contributed by atoms with Crippen LogP contribution in [0.25, 0.3) is 0 Å². The molecule has 1 aliphatic rings. The van der Waals surface area contributed by atoms with Crippen LogP contribution in [0.15, 0.2) is 0 Å². The molecule has 0 aromatic carbocycles. The van der Waals surface area contributed by atoms with Crippen LogP contribution in [0.5, 0.6) is 0 Å². The van der Waals surface area contributed by atoms with Crippen molar-refractivity contribution in [1.29, 1.82) is 0 Å². The van der Waals surface area contributed by atoms with E-state index in [4.69, 9.17) is 15.9 Å². The summed E-state index contributed by atoms with van der Waals surface area (Å²) in [6, 6.07) is 0. The number of hydrogen-bond acceptors (Lipinski definition) is 4. The van der Waals surface area contributed by atoms with Gasteiger partial charge in [0.2, 0.25) is 5.60 Å². The van der Waals surface area contributed by atoms with Crippen LogP contribution in [-0.4, -0.2) is 36.9 Å². The van der Waals surface area contributed by atoms with E-state index in [-0.39, 0.29) is 0 Å². The second-order valence-electron chi connectivity index (χ2n) is 4.50. The molecular formula is C11H17NO3. The van der Waals surface area contributed by atoms with E-state index < -0.39 is 17.2 Å². The minimum Gasteiger partial charge on any atom is -0.457 e. The highest BCUT2D eigenvalue weighted by molar-refractivity contribution is 5.84. The molecule has 0 radical (unpaired) electrons. The van der Waals surface area contributed by atoms with Gasteiger partial charge >= 0.3 is 5.97 Å². The summed E-state index contributed by atoms with van der Waals surface area (Å²) in [5, 5.41) is 3.02. The van der Waals surface area contributed by atoms with Gasteiger partial charge in [-0.25, -0.2) is 4.79 Å². The number of nitrogens with one attached hydrogen (secondary N) is 1. The van der Waals surface area contributed by atoms with Crippen molar-refractivity contribution in [1.82, 2.24) is 5.32 Å². The molecule has 4 heteroatoms. The van der Waals surface area contributed by atoms with Crippen molar-refractivity contribution in [2.75, 3.05) is 19.7 Å². The zero-order valence-corrected chi connectivity index (χ0v) is 9.42. The van der Waals surface area contributed by atoms with E-state index in [0.717, 1.165) is 0 Å². The minimum absolute atomic E-state index is 0.304. The molecule has 15 heavy (non-hydrogen) atoms. The van der Waals surface area contributed by atoms with Gasteiger partial charge in [0, 0.05) is 13.1 Å². The summed E-state index contributed by atoms with van der Waals surface area (Å²) in [4.78, 5) is 11.8. The van der Waals surface area contributed by atoms with Gasteiger partial charge in [0.25, 0.3) is 0 Å². The first-order valence-electron chi connectivity index (χ1n) is 4.95. The van der Waals surface area contributed by atoms with E-state index in [1.807, 2.05) is 0 Å². The van der Waals surface area contributed by atoms with Crippen molar-refractivity contribution >= 4 is 5.97 Å². The van der Waals surface area contributed by atoms with Gasteiger partial charge in [-0.1, -0.05) is 5.92 Å². The Labute approximate surface area is 90.3 Å². The normalized spacial score (nSPS) is 26.8. The fraction of sp³-hybridized carbons (Fsp3) is 0.727. The van der Waals surface area contributed by atoms with E-state index in [2.05, 4.69) is 11.2 Å². The van der Waals surface area contributed by atoms with Crippen molar-refractivity contribution < 1.29 is 14.3 Å². The van der Waals surface area contributed by atoms with Crippen molar-refractivity contribution in [3.05, 3.63) is 0 Å². The number of carbonyl (C=O) groups is 1. The maximum absolute atomic E-state index is 11.8. The van der Waals surface area contributed by atoms with Crippen molar-refractivity contribution in [2.45, 2.75) is 32.0 Å². The van der Waals surface area contributed by atoms with E-state index in [9.17, 15) is 4.79 Å². The lowest BCUT2D eigenvalue weighted by Crippen LogP contribution is -2.55. The molecule has 1 heterocycles. The average molecular weight is 211 g/mol. The second-order valence-corrected chi connectivity index (χ2v) is 4.50. The van der Waals surface area contributed by atoms with Crippen LogP contribution in [0.2, 0.25) is 0 Å². The molecule has 0 bridgehead atoms. The SMILES string of the molecule is C#CC1(C(=O)OC(C)(C)C)CNCCO1. The third-order valence-corrected chi connectivity index (χ3v) is 1.96. The lowest BCUT2D eigenvalue weighted by Gasteiger charge is -2.33. The van der Waals surface area contributed by atoms with Crippen LogP contribution in [0.1, 0.15) is 20.8 Å². The second kappa shape index (κ2) is 4.21. The van der Waals surface area contributed by atoms with Crippen LogP contribution in [0.3, 0.4) is 0 Å². The van der Waals surface area contributed by atoms with Gasteiger partial charge in [-0.3, -0.25) is 0 Å². The van der Waals surface area contributed by atoms with Gasteiger partial charge < -0.3 is 14.8 Å². The molecule has 1 atom stereocenters. The summed E-state index contributed by atoms with van der Waals surface area (Å²) < 4.78 is 10.6. The Kier molecular flexibility index (Phi) is 3.38. The number of terminal acetylenes is 1. The predicted molar refractivity (Wildman–Crippen MR) is 56.2 cm³/mol. The van der Waals surface area contributed by atoms with Gasteiger partial charge in [-0.15, -0.1) is 6.42 Å². The van der Waals surface area contributed by atoms with E-state index >= 15 is 0 Å². The molecular weight excluding hydrogens is 194 g/mol. The molecule has 1 rings (SSSR count). The highest BCUT2D eigenvalue weighted by Crippen LogP contribution is 2.18. The lowest BCUT2D eigenvalue weighted by molar-refractivity contribution is -0.178. The molecule has 4 nitrogen and oxygen atoms in total. The Morgan fingerprint density at radius 2 is 2.27 bits per heavy atom. The molecule has 84 valence electrons. The summed E-state index contributed by atoms with van der Waals surface area (Å²) >= 11 is 0. The summed E-state index contributed by atoms with van der Waals surface area (Å²) in [7, 11) is 0. The third-order valence-electron chi connectivity index (χ3n) is 1.96. The summed E-state index contributed by atoms with van der Waals surface area (Å²) in [5.41, 5.74) is -1.81. The van der Waals surface area contributed by atoms with E-state index in [1.165, 1.54) is 0 Å². The van der Waals surface area contributed by atoms with Crippen LogP contribution >= 0.6 is 0 Å². The Hall–Kier alpha value is -1.05. The highest BCUT2D eigenvalue weighted by Gasteiger charge is 2.42. The Balaban J connectivity index is 2.74. The van der Waals surface area contributed by atoms with Crippen molar-refractivity contribution in [2.24, 2.45) is 0 Å². The molecule has 0 saturated carbocycles. The highest BCUT2D eigenvalue weighted by atomic mass is 16.6. The molecule has 0 aliphatic carbocycles.